The highest BCUT2D eigenvalue weighted by atomic mass is 32.3. The summed E-state index contributed by atoms with van der Waals surface area (Å²) in [6, 6.07) is 0. The van der Waals surface area contributed by atoms with E-state index >= 15 is 0 Å². The van der Waals surface area contributed by atoms with E-state index in [2.05, 4.69) is 13.7 Å². The van der Waals surface area contributed by atoms with Gasteiger partial charge in [-0.15, -0.1) is 0 Å². The Labute approximate surface area is 225 Å². The van der Waals surface area contributed by atoms with Crippen molar-refractivity contribution in [2.75, 3.05) is 13.2 Å². The van der Waals surface area contributed by atoms with Gasteiger partial charge in [0.1, 0.15) is 0 Å². The van der Waals surface area contributed by atoms with Crippen LogP contribution in [-0.2, 0) is 33.6 Å². The highest BCUT2D eigenvalue weighted by Gasteiger charge is 2.82. The van der Waals surface area contributed by atoms with Crippen LogP contribution >= 0.6 is 0 Å². The average molecular weight is 706 g/mol. The van der Waals surface area contributed by atoms with Gasteiger partial charge in [-0.2, -0.15) is 87.4 Å². The molecule has 0 bridgehead atoms. The summed E-state index contributed by atoms with van der Waals surface area (Å²) in [5.74, 6) is -46.5. The van der Waals surface area contributed by atoms with Gasteiger partial charge in [0.25, 0.3) is 0 Å². The molecule has 8 nitrogen and oxygen atoms in total. The maximum absolute atomic E-state index is 13.4. The molecule has 1 unspecified atom stereocenters. The van der Waals surface area contributed by atoms with E-state index in [1.54, 1.807) is 0 Å². The van der Waals surface area contributed by atoms with Crippen molar-refractivity contribution < 1.29 is 115 Å². The minimum Gasteiger partial charge on any atom is -0.465 e. The minimum atomic E-state index is -7.36. The van der Waals surface area contributed by atoms with Crippen LogP contribution in [0.25, 0.3) is 0 Å². The number of ether oxygens (including phenoxy) is 2. The second-order valence-corrected chi connectivity index (χ2v) is 8.85. The number of rotatable bonds is 15. The van der Waals surface area contributed by atoms with Gasteiger partial charge in [0.2, 0.25) is 0 Å². The quantitative estimate of drug-likeness (QED) is 0.138. The topological polar surface area (TPSA) is 116 Å². The first-order chi connectivity index (χ1) is 18.6. The molecule has 0 aromatic rings. The lowest BCUT2D eigenvalue weighted by Crippen LogP contribution is -2.61. The third-order valence-corrected chi connectivity index (χ3v) is 5.09. The van der Waals surface area contributed by atoms with Crippen molar-refractivity contribution in [1.29, 1.82) is 0 Å². The van der Waals surface area contributed by atoms with E-state index in [0.29, 0.717) is 0 Å². The van der Waals surface area contributed by atoms with E-state index < -0.39 is 109 Å². The zero-order chi connectivity index (χ0) is 34.9. The van der Waals surface area contributed by atoms with Gasteiger partial charge in [0, 0.05) is 0 Å². The fraction of sp³-hybridized carbons (Fsp3) is 0.875. The monoisotopic (exact) mass is 706 g/mol. The molecule has 0 aliphatic carbocycles. The molecule has 0 aliphatic rings. The molecule has 0 saturated carbocycles. The summed E-state index contributed by atoms with van der Waals surface area (Å²) in [5, 5.41) is 0. The predicted octanol–water partition coefficient (Wildman–Crippen LogP) is 5.37. The molecule has 0 aromatic heterocycles. The molecule has 0 aromatic carbocycles. The molecule has 0 radical (unpaired) electrons. The fourth-order valence-electron chi connectivity index (χ4n) is 2.31. The summed E-state index contributed by atoms with van der Waals surface area (Å²) >= 11 is 0. The number of hydrogen-bond donors (Lipinski definition) is 1. The van der Waals surface area contributed by atoms with Gasteiger partial charge in [-0.3, -0.25) is 9.35 Å². The third kappa shape index (κ3) is 9.04. The van der Waals surface area contributed by atoms with Crippen LogP contribution in [0.4, 0.5) is 79.0 Å². The zero-order valence-corrected chi connectivity index (χ0v) is 20.4. The van der Waals surface area contributed by atoms with Gasteiger partial charge in [0.05, 0.1) is 32.5 Å². The Hall–Kier alpha value is -2.45. The Bertz CT molecular complexity index is 1100. The molecule has 0 amide bonds. The Balaban J connectivity index is 5.50. The van der Waals surface area contributed by atoms with E-state index in [0.717, 1.165) is 0 Å². The summed E-state index contributed by atoms with van der Waals surface area (Å²) in [4.78, 5) is 23.3. The van der Waals surface area contributed by atoms with Crippen molar-refractivity contribution in [3.63, 3.8) is 0 Å². The molecule has 43 heavy (non-hydrogen) atoms. The molecule has 0 saturated heterocycles. The van der Waals surface area contributed by atoms with E-state index in [4.69, 9.17) is 4.55 Å². The van der Waals surface area contributed by atoms with Crippen LogP contribution in [0.2, 0.25) is 0 Å². The summed E-state index contributed by atoms with van der Waals surface area (Å²) in [6.45, 7) is -4.48. The molecule has 0 rings (SSSR count). The SMILES string of the molecule is O=C(CC(OS(=O)(=O)O)C(=O)OCCC(F)(F)C(F)(F)C(F)(F)C(F)(F)F)OCCC(F)(F)C(F)(F)C(F)(F)C(F)(F)F. The normalized spacial score (nSPS) is 15.7. The van der Waals surface area contributed by atoms with Crippen molar-refractivity contribution in [3.05, 3.63) is 0 Å². The lowest BCUT2D eigenvalue weighted by Gasteiger charge is -2.33. The third-order valence-electron chi connectivity index (χ3n) is 4.61. The Morgan fingerprint density at radius 1 is 0.581 bits per heavy atom. The van der Waals surface area contributed by atoms with Crippen molar-refractivity contribution in [2.45, 2.75) is 73.3 Å². The van der Waals surface area contributed by atoms with Gasteiger partial charge in [0.15, 0.2) is 6.10 Å². The van der Waals surface area contributed by atoms with Crippen LogP contribution in [0.5, 0.6) is 0 Å². The number of carbonyl (C=O) groups is 2. The van der Waals surface area contributed by atoms with Crippen LogP contribution in [0.15, 0.2) is 0 Å². The number of carbonyl (C=O) groups excluding carboxylic acids is 2. The van der Waals surface area contributed by atoms with E-state index in [1.807, 2.05) is 0 Å². The Kier molecular flexibility index (Phi) is 11.8. The first kappa shape index (κ1) is 40.5. The molecule has 0 aliphatic heterocycles. The van der Waals surface area contributed by atoms with Crippen LogP contribution in [0, 0.1) is 0 Å². The van der Waals surface area contributed by atoms with Crippen molar-refractivity contribution in [1.82, 2.24) is 0 Å². The number of esters is 2. The molecule has 0 heterocycles. The molecular weight excluding hydrogens is 694 g/mol. The summed E-state index contributed by atoms with van der Waals surface area (Å²) in [7, 11) is -5.93. The van der Waals surface area contributed by atoms with Gasteiger partial charge in [-0.05, 0) is 0 Å². The van der Waals surface area contributed by atoms with E-state index in [9.17, 15) is 97.0 Å². The average Bonchev–Trinajstić information content (AvgIpc) is 2.75. The van der Waals surface area contributed by atoms with Crippen LogP contribution < -0.4 is 0 Å². The lowest BCUT2D eigenvalue weighted by atomic mass is 10.0. The summed E-state index contributed by atoms with van der Waals surface area (Å²) < 4.78 is 271. The highest BCUT2D eigenvalue weighted by Crippen LogP contribution is 2.55. The maximum Gasteiger partial charge on any atom is 0.460 e. The van der Waals surface area contributed by atoms with Crippen LogP contribution in [-0.4, -0.2) is 92.1 Å². The second kappa shape index (κ2) is 12.5. The smallest absolute Gasteiger partial charge is 0.460 e. The Morgan fingerprint density at radius 2 is 0.907 bits per heavy atom. The molecule has 1 N–H and O–H groups in total. The van der Waals surface area contributed by atoms with Crippen LogP contribution in [0.1, 0.15) is 19.3 Å². The first-order valence-electron chi connectivity index (χ1n) is 9.97. The fourth-order valence-corrected chi connectivity index (χ4v) is 2.75. The van der Waals surface area contributed by atoms with Crippen molar-refractivity contribution in [2.24, 2.45) is 0 Å². The number of halogens is 18. The molecule has 0 fully saturated rings. The lowest BCUT2D eigenvalue weighted by molar-refractivity contribution is -0.397. The highest BCUT2D eigenvalue weighted by molar-refractivity contribution is 7.80. The first-order valence-corrected chi connectivity index (χ1v) is 11.3. The summed E-state index contributed by atoms with van der Waals surface area (Å²) in [5.41, 5.74) is 0. The van der Waals surface area contributed by atoms with Crippen LogP contribution in [0.3, 0.4) is 0 Å². The van der Waals surface area contributed by atoms with E-state index in [-0.39, 0.29) is 0 Å². The predicted molar refractivity (Wildman–Crippen MR) is 94.0 cm³/mol. The Morgan fingerprint density at radius 3 is 1.21 bits per heavy atom. The van der Waals surface area contributed by atoms with Crippen molar-refractivity contribution in [3.8, 4) is 0 Å². The number of alkyl halides is 18. The number of hydrogen-bond acceptors (Lipinski definition) is 7. The maximum atomic E-state index is 13.4. The largest absolute Gasteiger partial charge is 0.465 e. The molecule has 27 heteroatoms. The molecule has 256 valence electrons. The molecular formula is C16H12F18O8S. The summed E-state index contributed by atoms with van der Waals surface area (Å²) in [6.07, 6.45) is -25.4. The molecule has 1 atom stereocenters. The van der Waals surface area contributed by atoms with E-state index in [1.165, 1.54) is 0 Å². The minimum absolute atomic E-state index is 2.07. The van der Waals surface area contributed by atoms with Gasteiger partial charge >= 0.3 is 70.2 Å². The standard InChI is InChI=1S/C16H12F18O8S/c17-9(18,11(21,22)13(25,26)15(29,30)31)1-3-40-7(35)5-6(42-43(37,38)39)8(36)41-4-2-10(19,20)12(23,24)14(27,28)16(32,33)34/h6H,1-5H2,(H,37,38,39). The van der Waals surface area contributed by atoms with Gasteiger partial charge in [-0.25, -0.2) is 8.98 Å². The second-order valence-electron chi connectivity index (χ2n) is 7.81. The van der Waals surface area contributed by atoms with Crippen molar-refractivity contribution >= 4 is 22.3 Å². The van der Waals surface area contributed by atoms with Gasteiger partial charge in [-0.1, -0.05) is 0 Å². The zero-order valence-electron chi connectivity index (χ0n) is 19.6. The molecule has 0 spiro atoms. The van der Waals surface area contributed by atoms with Gasteiger partial charge < -0.3 is 9.47 Å².